The Morgan fingerprint density at radius 1 is 0.793 bits per heavy atom. The molecule has 0 aliphatic heterocycles. The lowest BCUT2D eigenvalue weighted by Crippen LogP contribution is -2.25. The average Bonchev–Trinajstić information content (AvgIpc) is 2.74. The summed E-state index contributed by atoms with van der Waals surface area (Å²) in [5, 5.41) is 2.33. The molecule has 2 heterocycles. The molecule has 29 heavy (non-hydrogen) atoms. The first-order chi connectivity index (χ1) is 14.1. The minimum atomic E-state index is -0.493. The minimum Gasteiger partial charge on any atom is -0.419 e. The first-order valence-electron chi connectivity index (χ1n) is 9.20. The van der Waals surface area contributed by atoms with Gasteiger partial charge in [-0.25, -0.2) is 9.59 Å². The second-order valence-electron chi connectivity index (χ2n) is 6.58. The van der Waals surface area contributed by atoms with Crippen molar-refractivity contribution in [2.24, 2.45) is 0 Å². The summed E-state index contributed by atoms with van der Waals surface area (Å²) in [6.45, 7) is 8.63. The van der Waals surface area contributed by atoms with Crippen LogP contribution in [0.25, 0.3) is 33.1 Å². The highest BCUT2D eigenvalue weighted by atomic mass is 16.4. The van der Waals surface area contributed by atoms with E-state index in [1.54, 1.807) is 42.5 Å². The van der Waals surface area contributed by atoms with Gasteiger partial charge < -0.3 is 13.7 Å². The highest BCUT2D eigenvalue weighted by Gasteiger charge is 2.22. The zero-order valence-corrected chi connectivity index (χ0v) is 15.8. The van der Waals surface area contributed by atoms with Gasteiger partial charge in [0.2, 0.25) is 0 Å². The van der Waals surface area contributed by atoms with Crippen LogP contribution in [0.1, 0.15) is 0 Å². The van der Waals surface area contributed by atoms with Crippen LogP contribution in [0.2, 0.25) is 0 Å². The van der Waals surface area contributed by atoms with Gasteiger partial charge in [-0.2, -0.15) is 0 Å². The molecule has 2 aromatic carbocycles. The summed E-state index contributed by atoms with van der Waals surface area (Å²) in [5.74, 6) is 0.407. The highest BCUT2D eigenvalue weighted by molar-refractivity contribution is 5.99. The maximum absolute atomic E-state index is 12.7. The van der Waals surface area contributed by atoms with E-state index in [-0.39, 0.29) is 11.5 Å². The second-order valence-corrected chi connectivity index (χ2v) is 6.58. The van der Waals surface area contributed by atoms with Gasteiger partial charge >= 0.3 is 11.3 Å². The first-order valence-corrected chi connectivity index (χ1v) is 9.20. The summed E-state index contributed by atoms with van der Waals surface area (Å²) in [4.78, 5) is 27.2. The Hall–Kier alpha value is -3.86. The molecule has 5 nitrogen and oxygen atoms in total. The van der Waals surface area contributed by atoms with Crippen molar-refractivity contribution in [2.75, 3.05) is 18.0 Å². The Morgan fingerprint density at radius 3 is 2.07 bits per heavy atom. The van der Waals surface area contributed by atoms with Crippen molar-refractivity contribution in [1.29, 1.82) is 0 Å². The molecule has 4 aromatic rings. The number of nitrogens with zero attached hydrogens (tertiary/aromatic N) is 1. The zero-order valence-electron chi connectivity index (χ0n) is 15.8. The van der Waals surface area contributed by atoms with Gasteiger partial charge in [0, 0.05) is 18.5 Å². The van der Waals surface area contributed by atoms with Gasteiger partial charge in [0.25, 0.3) is 0 Å². The molecule has 0 saturated heterocycles. The quantitative estimate of drug-likeness (QED) is 0.449. The average molecular weight is 385 g/mol. The van der Waals surface area contributed by atoms with Gasteiger partial charge in [0.1, 0.15) is 0 Å². The molecule has 0 bridgehead atoms. The summed E-state index contributed by atoms with van der Waals surface area (Å²) in [5.41, 5.74) is -0.329. The minimum absolute atomic E-state index is 0.199. The topological polar surface area (TPSA) is 63.7 Å². The van der Waals surface area contributed by atoms with E-state index < -0.39 is 11.3 Å². The van der Waals surface area contributed by atoms with Gasteiger partial charge in [-0.05, 0) is 23.6 Å². The molecule has 0 atom stereocenters. The molecule has 0 N–H and O–H groups in total. The Balaban J connectivity index is 2.10. The maximum atomic E-state index is 12.7. The number of rotatable bonds is 6. The summed E-state index contributed by atoms with van der Waals surface area (Å²) in [7, 11) is 0. The third kappa shape index (κ3) is 3.27. The van der Waals surface area contributed by atoms with Crippen molar-refractivity contribution >= 4 is 27.2 Å². The number of anilines is 1. The second kappa shape index (κ2) is 7.64. The van der Waals surface area contributed by atoms with Crippen molar-refractivity contribution in [3.8, 4) is 11.5 Å². The molecule has 0 unspecified atom stereocenters. The summed E-state index contributed by atoms with van der Waals surface area (Å²) >= 11 is 0. The third-order valence-corrected chi connectivity index (χ3v) is 4.72. The molecule has 0 radical (unpaired) electrons. The van der Waals surface area contributed by atoms with E-state index in [0.717, 1.165) is 0 Å². The molecule has 144 valence electrons. The number of hydrogen-bond acceptors (Lipinski definition) is 5. The van der Waals surface area contributed by atoms with Gasteiger partial charge in [-0.3, -0.25) is 0 Å². The molecule has 0 aliphatic rings. The number of benzene rings is 2. The van der Waals surface area contributed by atoms with Crippen LogP contribution >= 0.6 is 0 Å². The maximum Gasteiger partial charge on any atom is 0.344 e. The normalized spacial score (nSPS) is 10.9. The fraction of sp³-hybridized carbons (Fsp3) is 0.0833. The van der Waals surface area contributed by atoms with E-state index >= 15 is 0 Å². The molecule has 0 saturated carbocycles. The van der Waals surface area contributed by atoms with Crippen molar-refractivity contribution in [3.63, 3.8) is 0 Å². The molecule has 0 aliphatic carbocycles. The lowest BCUT2D eigenvalue weighted by atomic mass is 10.1. The molecular weight excluding hydrogens is 366 g/mol. The lowest BCUT2D eigenvalue weighted by molar-refractivity contribution is 0.477. The van der Waals surface area contributed by atoms with E-state index in [2.05, 4.69) is 13.2 Å². The molecule has 2 aromatic heterocycles. The fourth-order valence-electron chi connectivity index (χ4n) is 3.48. The molecule has 0 fully saturated rings. The van der Waals surface area contributed by atoms with E-state index in [1.165, 1.54) is 0 Å². The predicted octanol–water partition coefficient (Wildman–Crippen LogP) is 4.74. The summed E-state index contributed by atoms with van der Waals surface area (Å²) in [6.07, 6.45) is 3.51. The Bertz CT molecular complexity index is 1340. The smallest absolute Gasteiger partial charge is 0.344 e. The monoisotopic (exact) mass is 385 g/mol. The lowest BCUT2D eigenvalue weighted by Gasteiger charge is -2.24. The van der Waals surface area contributed by atoms with Crippen LogP contribution in [-0.2, 0) is 0 Å². The predicted molar refractivity (Wildman–Crippen MR) is 117 cm³/mol. The van der Waals surface area contributed by atoms with Crippen LogP contribution in [0.3, 0.4) is 0 Å². The van der Waals surface area contributed by atoms with Gasteiger partial charge in [-0.15, -0.1) is 13.2 Å². The third-order valence-electron chi connectivity index (χ3n) is 4.72. The van der Waals surface area contributed by atoms with Gasteiger partial charge in [0.05, 0.1) is 16.5 Å². The van der Waals surface area contributed by atoms with E-state index in [4.69, 9.17) is 8.83 Å². The van der Waals surface area contributed by atoms with Crippen LogP contribution in [0, 0.1) is 0 Å². The summed E-state index contributed by atoms with van der Waals surface area (Å²) in [6, 6.07) is 16.0. The fourth-order valence-corrected chi connectivity index (χ4v) is 3.48. The zero-order chi connectivity index (χ0) is 20.4. The van der Waals surface area contributed by atoms with E-state index in [9.17, 15) is 9.59 Å². The molecule has 0 spiro atoms. The van der Waals surface area contributed by atoms with E-state index in [1.807, 2.05) is 29.2 Å². The van der Waals surface area contributed by atoms with Gasteiger partial charge in [-0.1, -0.05) is 48.6 Å². The van der Waals surface area contributed by atoms with Crippen molar-refractivity contribution in [2.45, 2.75) is 0 Å². The van der Waals surface area contributed by atoms with Crippen molar-refractivity contribution < 1.29 is 8.83 Å². The Morgan fingerprint density at radius 2 is 1.38 bits per heavy atom. The number of hydrogen-bond donors (Lipinski definition) is 0. The summed E-state index contributed by atoms with van der Waals surface area (Å²) < 4.78 is 11.2. The molecule has 0 amide bonds. The van der Waals surface area contributed by atoms with Crippen LogP contribution in [0.5, 0.6) is 0 Å². The van der Waals surface area contributed by atoms with Crippen LogP contribution in [-0.4, -0.2) is 13.1 Å². The standard InChI is InChI=1S/C24H19NO4/c1-3-13-25(14-4-2)21-18-11-7-8-12-19(18)24(27)29-22(21)20-15-16-9-5-6-10-17(16)23(26)28-20/h3-12,15H,1-2,13-14H2. The van der Waals surface area contributed by atoms with Crippen molar-refractivity contribution in [3.05, 3.63) is 101 Å². The molecule has 4 rings (SSSR count). The van der Waals surface area contributed by atoms with Crippen molar-refractivity contribution in [1.82, 2.24) is 0 Å². The van der Waals surface area contributed by atoms with E-state index in [0.29, 0.717) is 40.3 Å². The van der Waals surface area contributed by atoms with Crippen LogP contribution < -0.4 is 16.2 Å². The molecule has 5 heteroatoms. The van der Waals surface area contributed by atoms with Crippen LogP contribution in [0.4, 0.5) is 5.69 Å². The largest absolute Gasteiger partial charge is 0.419 e. The van der Waals surface area contributed by atoms with Crippen LogP contribution in [0.15, 0.2) is 98.3 Å². The molecular formula is C24H19NO4. The van der Waals surface area contributed by atoms with Gasteiger partial charge in [0.15, 0.2) is 11.5 Å². The number of fused-ring (bicyclic) bond motifs is 2. The SMILES string of the molecule is C=CCN(CC=C)c1c(-c2cc3ccccc3c(=O)o2)oc(=O)c2ccccc12. The first kappa shape index (κ1) is 18.5. The Kier molecular flexibility index (Phi) is 4.87. The highest BCUT2D eigenvalue weighted by Crippen LogP contribution is 2.36. The Labute approximate surface area is 166 Å².